The van der Waals surface area contributed by atoms with Crippen LogP contribution in [0.5, 0.6) is 0 Å². The Hall–Kier alpha value is -1.35. The molecule has 0 aliphatic rings. The first-order chi connectivity index (χ1) is 8.65. The first-order valence-electron chi connectivity index (χ1n) is 6.64. The summed E-state index contributed by atoms with van der Waals surface area (Å²) in [5.41, 5.74) is 6.73. The second-order valence-corrected chi connectivity index (χ2v) is 4.83. The molecule has 0 saturated carbocycles. The number of nitrogens with zero attached hydrogens (tertiary/aromatic N) is 1. The molecule has 0 saturated heterocycles. The summed E-state index contributed by atoms with van der Waals surface area (Å²) in [5, 5.41) is 0. The molecule has 0 fully saturated rings. The molecule has 3 heteroatoms. The summed E-state index contributed by atoms with van der Waals surface area (Å²) in [5.74, 6) is 0.300. The molecule has 2 N–H and O–H groups in total. The monoisotopic (exact) mass is 248 g/mol. The van der Waals surface area contributed by atoms with Gasteiger partial charge >= 0.3 is 0 Å². The molecule has 1 aromatic rings. The van der Waals surface area contributed by atoms with Crippen molar-refractivity contribution < 1.29 is 4.79 Å². The predicted molar refractivity (Wildman–Crippen MR) is 75.2 cm³/mol. The van der Waals surface area contributed by atoms with Gasteiger partial charge in [-0.2, -0.15) is 0 Å². The summed E-state index contributed by atoms with van der Waals surface area (Å²) in [6.45, 7) is 3.41. The van der Waals surface area contributed by atoms with Gasteiger partial charge in [0.25, 0.3) is 0 Å². The van der Waals surface area contributed by atoms with Crippen molar-refractivity contribution in [1.29, 1.82) is 0 Å². The van der Waals surface area contributed by atoms with Crippen molar-refractivity contribution in [1.82, 2.24) is 4.90 Å². The fourth-order valence-electron chi connectivity index (χ4n) is 1.98. The Bertz CT molecular complexity index is 351. The van der Waals surface area contributed by atoms with Crippen LogP contribution in [0.25, 0.3) is 0 Å². The number of likely N-dealkylation sites (N-methyl/N-ethyl adjacent to an activating group) is 1. The normalized spacial score (nSPS) is 12.2. The van der Waals surface area contributed by atoms with Gasteiger partial charge in [-0.05, 0) is 31.4 Å². The van der Waals surface area contributed by atoms with Crippen LogP contribution in [0.3, 0.4) is 0 Å². The molecule has 0 aliphatic heterocycles. The van der Waals surface area contributed by atoms with Gasteiger partial charge in [0.1, 0.15) is 0 Å². The van der Waals surface area contributed by atoms with Crippen molar-refractivity contribution in [2.24, 2.45) is 11.7 Å². The number of carbonyl (C=O) groups excluding carboxylic acids is 1. The van der Waals surface area contributed by atoms with Crippen molar-refractivity contribution in [2.45, 2.75) is 26.2 Å². The zero-order valence-electron chi connectivity index (χ0n) is 11.4. The molecule has 100 valence electrons. The molecule has 0 bridgehead atoms. The molecule has 0 heterocycles. The van der Waals surface area contributed by atoms with E-state index in [1.54, 1.807) is 0 Å². The number of nitrogens with two attached hydrogens (primary N) is 1. The van der Waals surface area contributed by atoms with Crippen LogP contribution in [-0.2, 0) is 11.2 Å². The number of hydrogen-bond donors (Lipinski definition) is 1. The first kappa shape index (κ1) is 14.7. The maximum absolute atomic E-state index is 12.1. The van der Waals surface area contributed by atoms with Crippen LogP contribution in [0, 0.1) is 5.92 Å². The molecule has 18 heavy (non-hydrogen) atoms. The predicted octanol–water partition coefficient (Wildman–Crippen LogP) is 2.06. The van der Waals surface area contributed by atoms with Gasteiger partial charge in [-0.25, -0.2) is 0 Å². The Labute approximate surface area is 110 Å². The van der Waals surface area contributed by atoms with Gasteiger partial charge in [0, 0.05) is 19.5 Å². The molecule has 1 rings (SSSR count). The van der Waals surface area contributed by atoms with E-state index in [9.17, 15) is 4.79 Å². The van der Waals surface area contributed by atoms with Crippen molar-refractivity contribution in [3.8, 4) is 0 Å². The van der Waals surface area contributed by atoms with E-state index in [0.29, 0.717) is 6.54 Å². The van der Waals surface area contributed by atoms with Gasteiger partial charge in [-0.3, -0.25) is 4.79 Å². The van der Waals surface area contributed by atoms with Crippen molar-refractivity contribution in [3.05, 3.63) is 35.9 Å². The van der Waals surface area contributed by atoms with E-state index in [-0.39, 0.29) is 11.8 Å². The van der Waals surface area contributed by atoms with E-state index in [1.807, 2.05) is 37.1 Å². The average molecular weight is 248 g/mol. The van der Waals surface area contributed by atoms with Gasteiger partial charge in [0.2, 0.25) is 5.91 Å². The molecule has 0 aromatic heterocycles. The van der Waals surface area contributed by atoms with Gasteiger partial charge in [-0.1, -0.05) is 37.3 Å². The molecular weight excluding hydrogens is 224 g/mol. The van der Waals surface area contributed by atoms with E-state index in [4.69, 9.17) is 5.73 Å². The zero-order chi connectivity index (χ0) is 13.4. The molecule has 1 unspecified atom stereocenters. The van der Waals surface area contributed by atoms with Crippen LogP contribution >= 0.6 is 0 Å². The van der Waals surface area contributed by atoms with Crippen molar-refractivity contribution in [2.75, 3.05) is 20.1 Å². The molecule has 1 atom stereocenters. The Kier molecular flexibility index (Phi) is 6.44. The standard InChI is InChI=1S/C15H24N2O/c1-13(7-6-11-16)15(18)17(2)12-10-14-8-4-3-5-9-14/h3-5,8-9,13H,6-7,10-12,16H2,1-2H3. The third kappa shape index (κ3) is 4.88. The van der Waals surface area contributed by atoms with E-state index in [1.165, 1.54) is 5.56 Å². The number of carbonyl (C=O) groups is 1. The third-order valence-corrected chi connectivity index (χ3v) is 3.22. The number of benzene rings is 1. The number of amides is 1. The second kappa shape index (κ2) is 7.88. The minimum Gasteiger partial charge on any atom is -0.345 e. The summed E-state index contributed by atoms with van der Waals surface area (Å²) in [6.07, 6.45) is 2.71. The Morgan fingerprint density at radius 3 is 2.61 bits per heavy atom. The van der Waals surface area contributed by atoms with Crippen LogP contribution in [-0.4, -0.2) is 30.9 Å². The van der Waals surface area contributed by atoms with Crippen LogP contribution in [0.2, 0.25) is 0 Å². The van der Waals surface area contributed by atoms with Gasteiger partial charge < -0.3 is 10.6 Å². The molecular formula is C15H24N2O. The minimum absolute atomic E-state index is 0.0781. The Morgan fingerprint density at radius 2 is 2.00 bits per heavy atom. The fourth-order valence-corrected chi connectivity index (χ4v) is 1.98. The highest BCUT2D eigenvalue weighted by atomic mass is 16.2. The van der Waals surface area contributed by atoms with Gasteiger partial charge in [0.05, 0.1) is 0 Å². The maximum atomic E-state index is 12.1. The molecule has 1 amide bonds. The van der Waals surface area contributed by atoms with E-state index in [0.717, 1.165) is 25.8 Å². The van der Waals surface area contributed by atoms with Crippen molar-refractivity contribution >= 4 is 5.91 Å². The lowest BCUT2D eigenvalue weighted by atomic mass is 10.0. The largest absolute Gasteiger partial charge is 0.345 e. The molecule has 0 spiro atoms. The number of rotatable bonds is 7. The lowest BCUT2D eigenvalue weighted by Gasteiger charge is -2.21. The molecule has 3 nitrogen and oxygen atoms in total. The fraction of sp³-hybridized carbons (Fsp3) is 0.533. The third-order valence-electron chi connectivity index (χ3n) is 3.22. The van der Waals surface area contributed by atoms with E-state index < -0.39 is 0 Å². The smallest absolute Gasteiger partial charge is 0.225 e. The highest BCUT2D eigenvalue weighted by molar-refractivity contribution is 5.78. The summed E-state index contributed by atoms with van der Waals surface area (Å²) in [7, 11) is 1.88. The van der Waals surface area contributed by atoms with E-state index in [2.05, 4.69) is 12.1 Å². The molecule has 0 radical (unpaired) electrons. The highest BCUT2D eigenvalue weighted by Gasteiger charge is 2.16. The van der Waals surface area contributed by atoms with E-state index >= 15 is 0 Å². The summed E-state index contributed by atoms with van der Waals surface area (Å²) >= 11 is 0. The first-order valence-corrected chi connectivity index (χ1v) is 6.64. The topological polar surface area (TPSA) is 46.3 Å². The SMILES string of the molecule is CC(CCCN)C(=O)N(C)CCc1ccccc1. The number of hydrogen-bond acceptors (Lipinski definition) is 2. The zero-order valence-corrected chi connectivity index (χ0v) is 11.4. The van der Waals surface area contributed by atoms with Crippen LogP contribution in [0.1, 0.15) is 25.3 Å². The summed E-state index contributed by atoms with van der Waals surface area (Å²) in [6, 6.07) is 10.3. The van der Waals surface area contributed by atoms with Crippen LogP contribution in [0.15, 0.2) is 30.3 Å². The lowest BCUT2D eigenvalue weighted by Crippen LogP contribution is -2.33. The Morgan fingerprint density at radius 1 is 1.33 bits per heavy atom. The van der Waals surface area contributed by atoms with Crippen LogP contribution in [0.4, 0.5) is 0 Å². The minimum atomic E-state index is 0.0781. The highest BCUT2D eigenvalue weighted by Crippen LogP contribution is 2.09. The summed E-state index contributed by atoms with van der Waals surface area (Å²) in [4.78, 5) is 13.9. The van der Waals surface area contributed by atoms with Gasteiger partial charge in [-0.15, -0.1) is 0 Å². The molecule has 1 aromatic carbocycles. The maximum Gasteiger partial charge on any atom is 0.225 e. The second-order valence-electron chi connectivity index (χ2n) is 4.83. The van der Waals surface area contributed by atoms with Crippen LogP contribution < -0.4 is 5.73 Å². The van der Waals surface area contributed by atoms with Crippen molar-refractivity contribution in [3.63, 3.8) is 0 Å². The van der Waals surface area contributed by atoms with Gasteiger partial charge in [0.15, 0.2) is 0 Å². The quantitative estimate of drug-likeness (QED) is 0.803. The average Bonchev–Trinajstić information content (AvgIpc) is 2.42. The Balaban J connectivity index is 2.35. The molecule has 0 aliphatic carbocycles. The summed E-state index contributed by atoms with van der Waals surface area (Å²) < 4.78 is 0. The lowest BCUT2D eigenvalue weighted by molar-refractivity contribution is -0.133.